The topological polar surface area (TPSA) is 38.3 Å². The maximum absolute atomic E-state index is 8.00. The predicted molar refractivity (Wildman–Crippen MR) is 118 cm³/mol. The molecular weight excluding hydrogens is 358 g/mol. The number of nitrogens with one attached hydrogen (secondary N) is 1. The average molecular weight is 392 g/mol. The minimum absolute atomic E-state index is 0.526. The van der Waals surface area contributed by atoms with Crippen LogP contribution in [0.5, 0.6) is 5.75 Å². The number of halogens is 1. The Morgan fingerprint density at radius 2 is 1.59 bits per heavy atom. The van der Waals surface area contributed by atoms with Crippen LogP contribution in [0.2, 0.25) is 5.02 Å². The van der Waals surface area contributed by atoms with Gasteiger partial charge in [0.2, 0.25) is 0 Å². The molecule has 0 saturated heterocycles. The highest BCUT2D eigenvalue weighted by atomic mass is 35.5. The normalized spacial score (nSPS) is 10.1. The lowest BCUT2D eigenvalue weighted by Gasteiger charge is -2.13. The number of carbonyl (C=O) groups excluding carboxylic acids is 1. The fraction of sp³-hybridized carbons (Fsp3) is 0.435. The van der Waals surface area contributed by atoms with Gasteiger partial charge in [0.1, 0.15) is 19.1 Å². The van der Waals surface area contributed by atoms with E-state index in [2.05, 4.69) is 46.9 Å². The molecule has 0 radical (unpaired) electrons. The summed E-state index contributed by atoms with van der Waals surface area (Å²) in [6.07, 6.45) is 1.27. The molecule has 0 unspecified atom stereocenters. The summed E-state index contributed by atoms with van der Waals surface area (Å²) in [6.45, 7) is 15.6. The zero-order valence-electron chi connectivity index (χ0n) is 17.8. The molecule has 2 aromatic rings. The minimum atomic E-state index is 0.526. The number of hydrogen-bond donors (Lipinski definition) is 1. The Hall–Kier alpha value is -2.00. The molecule has 0 spiro atoms. The van der Waals surface area contributed by atoms with Crippen LogP contribution in [0, 0.1) is 19.3 Å². The molecule has 1 N–H and O–H groups in total. The first-order chi connectivity index (χ1) is 12.7. The van der Waals surface area contributed by atoms with E-state index >= 15 is 0 Å². The molecule has 0 saturated carbocycles. The van der Waals surface area contributed by atoms with Crippen LogP contribution >= 0.6 is 11.6 Å². The monoisotopic (exact) mass is 391 g/mol. The van der Waals surface area contributed by atoms with Crippen molar-refractivity contribution >= 4 is 24.1 Å². The number of carbonyl (C=O) groups is 1. The van der Waals surface area contributed by atoms with Gasteiger partial charge in [-0.15, -0.1) is 0 Å². The van der Waals surface area contributed by atoms with Gasteiger partial charge in [0, 0.05) is 17.8 Å². The Balaban J connectivity index is 0.000000722. The van der Waals surface area contributed by atoms with E-state index in [1.165, 1.54) is 17.5 Å². The third-order valence-electron chi connectivity index (χ3n) is 4.11. The molecule has 0 bridgehead atoms. The number of anilines is 1. The van der Waals surface area contributed by atoms with Crippen LogP contribution < -0.4 is 10.1 Å². The van der Waals surface area contributed by atoms with Crippen molar-refractivity contribution < 1.29 is 9.53 Å². The molecule has 0 heterocycles. The maximum atomic E-state index is 8.00. The van der Waals surface area contributed by atoms with Crippen LogP contribution in [0.1, 0.15) is 50.8 Å². The van der Waals surface area contributed by atoms with Crippen molar-refractivity contribution in [2.75, 3.05) is 12.4 Å². The largest absolute Gasteiger partial charge is 0.489 e. The van der Waals surface area contributed by atoms with E-state index in [-0.39, 0.29) is 0 Å². The first-order valence-electron chi connectivity index (χ1n) is 9.11. The SMILES string of the molecule is C=O.CCC(C)(C)C.CNc1c(C)cc(OCc2cccc(Cl)c2)cc1C. The molecular formula is C23H34ClNO2. The lowest BCUT2D eigenvalue weighted by Crippen LogP contribution is -2.00. The molecule has 0 aliphatic carbocycles. The summed E-state index contributed by atoms with van der Waals surface area (Å²) >= 11 is 5.95. The van der Waals surface area contributed by atoms with Gasteiger partial charge >= 0.3 is 0 Å². The van der Waals surface area contributed by atoms with E-state index in [1.54, 1.807) is 0 Å². The fourth-order valence-corrected chi connectivity index (χ4v) is 2.41. The molecule has 0 aliphatic heterocycles. The van der Waals surface area contributed by atoms with Crippen LogP contribution in [-0.2, 0) is 11.4 Å². The summed E-state index contributed by atoms with van der Waals surface area (Å²) in [7, 11) is 1.93. The van der Waals surface area contributed by atoms with Crippen molar-refractivity contribution in [3.63, 3.8) is 0 Å². The highest BCUT2D eigenvalue weighted by molar-refractivity contribution is 6.30. The Kier molecular flexibility index (Phi) is 11.5. The molecule has 2 aromatic carbocycles. The summed E-state index contributed by atoms with van der Waals surface area (Å²) in [5.41, 5.74) is 5.14. The molecule has 150 valence electrons. The number of benzene rings is 2. The van der Waals surface area contributed by atoms with Crippen molar-refractivity contribution in [3.05, 3.63) is 58.1 Å². The fourth-order valence-electron chi connectivity index (χ4n) is 2.19. The third-order valence-corrected chi connectivity index (χ3v) is 4.35. The predicted octanol–water partition coefficient (Wildman–Crippen LogP) is 6.84. The standard InChI is InChI=1S/C16H18ClNO.C6H14.CH2O/c1-11-7-15(8-12(2)16(11)18-3)19-10-13-5-4-6-14(17)9-13;1-5-6(2,3)4;1-2/h4-9,18H,10H2,1-3H3;5H2,1-4H3;1H2. The van der Waals surface area contributed by atoms with Crippen LogP contribution in [-0.4, -0.2) is 13.8 Å². The van der Waals surface area contributed by atoms with Gasteiger partial charge in [-0.3, -0.25) is 0 Å². The minimum Gasteiger partial charge on any atom is -0.489 e. The van der Waals surface area contributed by atoms with Crippen molar-refractivity contribution in [1.82, 2.24) is 0 Å². The summed E-state index contributed by atoms with van der Waals surface area (Å²) in [5, 5.41) is 3.93. The molecule has 0 amide bonds. The summed E-state index contributed by atoms with van der Waals surface area (Å²) in [6, 6.07) is 11.8. The number of hydrogen-bond acceptors (Lipinski definition) is 3. The zero-order chi connectivity index (χ0) is 21.0. The quantitative estimate of drug-likeness (QED) is 0.620. The van der Waals surface area contributed by atoms with E-state index < -0.39 is 0 Å². The molecule has 0 atom stereocenters. The average Bonchev–Trinajstić information content (AvgIpc) is 2.61. The molecule has 2 rings (SSSR count). The summed E-state index contributed by atoms with van der Waals surface area (Å²) < 4.78 is 5.82. The number of rotatable bonds is 4. The number of ether oxygens (including phenoxy) is 1. The molecule has 3 nitrogen and oxygen atoms in total. The van der Waals surface area contributed by atoms with E-state index in [0.29, 0.717) is 12.0 Å². The summed E-state index contributed by atoms with van der Waals surface area (Å²) in [4.78, 5) is 8.00. The lowest BCUT2D eigenvalue weighted by molar-refractivity contribution is -0.0979. The third kappa shape index (κ3) is 10.0. The first-order valence-corrected chi connectivity index (χ1v) is 9.49. The zero-order valence-corrected chi connectivity index (χ0v) is 18.5. The van der Waals surface area contributed by atoms with E-state index in [4.69, 9.17) is 21.1 Å². The molecule has 0 aromatic heterocycles. The molecule has 4 heteroatoms. The maximum Gasteiger partial charge on any atom is 0.120 e. The molecule has 0 aliphatic rings. The van der Waals surface area contributed by atoms with Crippen LogP contribution in [0.3, 0.4) is 0 Å². The van der Waals surface area contributed by atoms with Crippen molar-refractivity contribution in [3.8, 4) is 5.75 Å². The van der Waals surface area contributed by atoms with Gasteiger partial charge in [0.15, 0.2) is 0 Å². The highest BCUT2D eigenvalue weighted by Crippen LogP contribution is 2.26. The Morgan fingerprint density at radius 1 is 1.07 bits per heavy atom. The first kappa shape index (κ1) is 25.0. The number of aryl methyl sites for hydroxylation is 2. The van der Waals surface area contributed by atoms with Crippen molar-refractivity contribution in [2.24, 2.45) is 5.41 Å². The second kappa shape index (κ2) is 12.4. The Labute approximate surface area is 170 Å². The van der Waals surface area contributed by atoms with Gasteiger partial charge in [0.25, 0.3) is 0 Å². The highest BCUT2D eigenvalue weighted by Gasteiger charge is 2.05. The van der Waals surface area contributed by atoms with Gasteiger partial charge < -0.3 is 14.8 Å². The van der Waals surface area contributed by atoms with Gasteiger partial charge in [-0.25, -0.2) is 0 Å². The van der Waals surface area contributed by atoms with Crippen LogP contribution in [0.4, 0.5) is 5.69 Å². The Morgan fingerprint density at radius 3 is 2.00 bits per heavy atom. The van der Waals surface area contributed by atoms with Crippen LogP contribution in [0.25, 0.3) is 0 Å². The van der Waals surface area contributed by atoms with Crippen LogP contribution in [0.15, 0.2) is 36.4 Å². The second-order valence-electron chi connectivity index (χ2n) is 7.51. The molecule has 0 fully saturated rings. The smallest absolute Gasteiger partial charge is 0.120 e. The van der Waals surface area contributed by atoms with Gasteiger partial charge in [-0.1, -0.05) is 57.8 Å². The van der Waals surface area contributed by atoms with Gasteiger partial charge in [-0.2, -0.15) is 0 Å². The molecule has 27 heavy (non-hydrogen) atoms. The lowest BCUT2D eigenvalue weighted by atomic mass is 9.94. The Bertz CT molecular complexity index is 670. The van der Waals surface area contributed by atoms with Crippen molar-refractivity contribution in [1.29, 1.82) is 0 Å². The van der Waals surface area contributed by atoms with Gasteiger partial charge in [0.05, 0.1) is 0 Å². The van der Waals surface area contributed by atoms with E-state index in [9.17, 15) is 0 Å². The van der Waals surface area contributed by atoms with Crippen molar-refractivity contribution in [2.45, 2.75) is 54.6 Å². The second-order valence-corrected chi connectivity index (χ2v) is 7.95. The van der Waals surface area contributed by atoms with Gasteiger partial charge in [-0.05, 0) is 60.2 Å². The van der Waals surface area contributed by atoms with E-state index in [0.717, 1.165) is 22.0 Å². The summed E-state index contributed by atoms with van der Waals surface area (Å²) in [5.74, 6) is 0.883. The van der Waals surface area contributed by atoms with E-state index in [1.807, 2.05) is 50.2 Å².